The highest BCUT2D eigenvalue weighted by atomic mass is 35.5. The minimum Gasteiger partial charge on any atom is -0.341 e. The molecule has 0 aliphatic carbocycles. The van der Waals surface area contributed by atoms with Gasteiger partial charge < -0.3 is 15.1 Å². The zero-order valence-corrected chi connectivity index (χ0v) is 12.2. The third-order valence-corrected chi connectivity index (χ3v) is 3.94. The lowest BCUT2D eigenvalue weighted by Crippen LogP contribution is -2.35. The summed E-state index contributed by atoms with van der Waals surface area (Å²) in [4.78, 5) is 16.5. The van der Waals surface area contributed by atoms with Crippen LogP contribution < -0.4 is 5.32 Å². The molecule has 1 N–H and O–H groups in total. The molecule has 2 heterocycles. The molecule has 1 atom stereocenters. The van der Waals surface area contributed by atoms with Gasteiger partial charge in [-0.3, -0.25) is 4.79 Å². The molecule has 0 bridgehead atoms. The highest BCUT2D eigenvalue weighted by Gasteiger charge is 2.20. The summed E-state index contributed by atoms with van der Waals surface area (Å²) in [5.74, 6) is 0.356. The average molecular weight is 276 g/mol. The third kappa shape index (κ3) is 4.75. The number of nitrogens with one attached hydrogen (secondary N) is 1. The number of hydrogen-bond donors (Lipinski definition) is 1. The highest BCUT2D eigenvalue weighted by molar-refractivity contribution is 5.85. The molecule has 0 aromatic heterocycles. The lowest BCUT2D eigenvalue weighted by molar-refractivity contribution is -0.131. The normalized spacial score (nSPS) is 25.6. The Morgan fingerprint density at radius 3 is 2.78 bits per heavy atom. The summed E-state index contributed by atoms with van der Waals surface area (Å²) in [5, 5.41) is 3.46. The average Bonchev–Trinajstić information content (AvgIpc) is 2.74. The number of likely N-dealkylation sites (N-methyl/N-ethyl adjacent to an activating group) is 1. The van der Waals surface area contributed by atoms with E-state index in [1.165, 1.54) is 12.8 Å². The molecule has 0 aromatic carbocycles. The van der Waals surface area contributed by atoms with Crippen LogP contribution in [0.4, 0.5) is 0 Å². The first-order valence-corrected chi connectivity index (χ1v) is 6.95. The summed E-state index contributed by atoms with van der Waals surface area (Å²) in [7, 11) is 2.14. The zero-order chi connectivity index (χ0) is 12.1. The van der Waals surface area contributed by atoms with Crippen LogP contribution in [-0.4, -0.2) is 61.5 Å². The minimum atomic E-state index is 0. The molecule has 106 valence electrons. The lowest BCUT2D eigenvalue weighted by Gasteiger charge is -2.21. The fourth-order valence-electron chi connectivity index (χ4n) is 2.75. The van der Waals surface area contributed by atoms with E-state index >= 15 is 0 Å². The van der Waals surface area contributed by atoms with E-state index in [-0.39, 0.29) is 12.4 Å². The standard InChI is InChI=1S/C13H25N3O.ClH/c1-15-8-3-9-16(11-10-15)13(17)6-5-12-4-2-7-14-12;/h12,14H,2-11H2,1H3;1H. The van der Waals surface area contributed by atoms with Gasteiger partial charge in [-0.2, -0.15) is 0 Å². The fraction of sp³-hybridized carbons (Fsp3) is 0.923. The van der Waals surface area contributed by atoms with Gasteiger partial charge in [-0.05, 0) is 45.8 Å². The van der Waals surface area contributed by atoms with E-state index in [0.29, 0.717) is 11.9 Å². The molecule has 1 unspecified atom stereocenters. The second kappa shape index (κ2) is 7.97. The van der Waals surface area contributed by atoms with Crippen molar-refractivity contribution in [2.75, 3.05) is 39.8 Å². The molecule has 5 heteroatoms. The second-order valence-corrected chi connectivity index (χ2v) is 5.37. The van der Waals surface area contributed by atoms with Crippen molar-refractivity contribution < 1.29 is 4.79 Å². The summed E-state index contributed by atoms with van der Waals surface area (Å²) in [5.41, 5.74) is 0. The van der Waals surface area contributed by atoms with Crippen molar-refractivity contribution in [3.8, 4) is 0 Å². The molecule has 0 saturated carbocycles. The monoisotopic (exact) mass is 275 g/mol. The summed E-state index contributed by atoms with van der Waals surface area (Å²) >= 11 is 0. The topological polar surface area (TPSA) is 35.6 Å². The van der Waals surface area contributed by atoms with Crippen LogP contribution in [0, 0.1) is 0 Å². The molecule has 2 aliphatic rings. The van der Waals surface area contributed by atoms with Crippen LogP contribution in [0.1, 0.15) is 32.1 Å². The molecule has 0 radical (unpaired) electrons. The van der Waals surface area contributed by atoms with Crippen molar-refractivity contribution in [1.29, 1.82) is 0 Å². The first-order chi connectivity index (χ1) is 8.25. The van der Waals surface area contributed by atoms with E-state index in [2.05, 4.69) is 22.2 Å². The maximum absolute atomic E-state index is 12.1. The molecule has 0 aromatic rings. The first kappa shape index (κ1) is 15.7. The SMILES string of the molecule is CN1CCCN(C(=O)CCC2CCCN2)CC1.Cl. The van der Waals surface area contributed by atoms with Gasteiger partial charge in [0, 0.05) is 32.1 Å². The number of hydrogen-bond acceptors (Lipinski definition) is 3. The van der Waals surface area contributed by atoms with Gasteiger partial charge in [0.15, 0.2) is 0 Å². The Hall–Kier alpha value is -0.320. The second-order valence-electron chi connectivity index (χ2n) is 5.37. The molecule has 4 nitrogen and oxygen atoms in total. The Kier molecular flexibility index (Phi) is 6.97. The molecular formula is C13H26ClN3O. The van der Waals surface area contributed by atoms with Crippen LogP contribution in [-0.2, 0) is 4.79 Å². The van der Waals surface area contributed by atoms with E-state index in [1.54, 1.807) is 0 Å². The quantitative estimate of drug-likeness (QED) is 0.838. The van der Waals surface area contributed by atoms with Crippen molar-refractivity contribution >= 4 is 18.3 Å². The van der Waals surface area contributed by atoms with Crippen molar-refractivity contribution in [2.24, 2.45) is 0 Å². The summed E-state index contributed by atoms with van der Waals surface area (Å²) < 4.78 is 0. The Labute approximate surface area is 116 Å². The summed E-state index contributed by atoms with van der Waals surface area (Å²) in [6, 6.07) is 0.591. The van der Waals surface area contributed by atoms with E-state index < -0.39 is 0 Å². The van der Waals surface area contributed by atoms with Gasteiger partial charge >= 0.3 is 0 Å². The van der Waals surface area contributed by atoms with Crippen LogP contribution in [0.3, 0.4) is 0 Å². The number of carbonyl (C=O) groups is 1. The van der Waals surface area contributed by atoms with Crippen LogP contribution in [0.5, 0.6) is 0 Å². The number of halogens is 1. The molecule has 2 fully saturated rings. The Morgan fingerprint density at radius 2 is 2.06 bits per heavy atom. The van der Waals surface area contributed by atoms with Gasteiger partial charge in [-0.25, -0.2) is 0 Å². The minimum absolute atomic E-state index is 0. The Bertz CT molecular complexity index is 257. The lowest BCUT2D eigenvalue weighted by atomic mass is 10.1. The van der Waals surface area contributed by atoms with Crippen LogP contribution in [0.25, 0.3) is 0 Å². The smallest absolute Gasteiger partial charge is 0.222 e. The van der Waals surface area contributed by atoms with Gasteiger partial charge in [0.2, 0.25) is 5.91 Å². The maximum atomic E-state index is 12.1. The molecule has 18 heavy (non-hydrogen) atoms. The molecule has 1 amide bonds. The van der Waals surface area contributed by atoms with Crippen molar-refractivity contribution in [3.05, 3.63) is 0 Å². The van der Waals surface area contributed by atoms with Crippen LogP contribution >= 0.6 is 12.4 Å². The zero-order valence-electron chi connectivity index (χ0n) is 11.4. The van der Waals surface area contributed by atoms with Crippen molar-refractivity contribution in [1.82, 2.24) is 15.1 Å². The van der Waals surface area contributed by atoms with Crippen LogP contribution in [0.2, 0.25) is 0 Å². The summed E-state index contributed by atoms with van der Waals surface area (Å²) in [6.07, 6.45) is 5.37. The number of amides is 1. The Morgan fingerprint density at radius 1 is 1.22 bits per heavy atom. The molecular weight excluding hydrogens is 250 g/mol. The first-order valence-electron chi connectivity index (χ1n) is 6.95. The van der Waals surface area contributed by atoms with E-state index in [4.69, 9.17) is 0 Å². The van der Waals surface area contributed by atoms with E-state index in [1.807, 2.05) is 0 Å². The fourth-order valence-corrected chi connectivity index (χ4v) is 2.75. The molecule has 2 saturated heterocycles. The highest BCUT2D eigenvalue weighted by Crippen LogP contribution is 2.12. The number of rotatable bonds is 3. The van der Waals surface area contributed by atoms with Gasteiger partial charge in [0.25, 0.3) is 0 Å². The largest absolute Gasteiger partial charge is 0.341 e. The Balaban J connectivity index is 0.00000162. The predicted molar refractivity (Wildman–Crippen MR) is 76.2 cm³/mol. The van der Waals surface area contributed by atoms with Crippen molar-refractivity contribution in [2.45, 2.75) is 38.1 Å². The summed E-state index contributed by atoms with van der Waals surface area (Å²) in [6.45, 7) is 5.13. The predicted octanol–water partition coefficient (Wildman–Crippen LogP) is 1.10. The van der Waals surface area contributed by atoms with Gasteiger partial charge in [0.1, 0.15) is 0 Å². The van der Waals surface area contributed by atoms with E-state index in [9.17, 15) is 4.79 Å². The number of nitrogens with zero attached hydrogens (tertiary/aromatic N) is 2. The van der Waals surface area contributed by atoms with Gasteiger partial charge in [-0.1, -0.05) is 0 Å². The van der Waals surface area contributed by atoms with Crippen molar-refractivity contribution in [3.63, 3.8) is 0 Å². The molecule has 0 spiro atoms. The maximum Gasteiger partial charge on any atom is 0.222 e. The van der Waals surface area contributed by atoms with Gasteiger partial charge in [-0.15, -0.1) is 12.4 Å². The number of carbonyl (C=O) groups excluding carboxylic acids is 1. The van der Waals surface area contributed by atoms with Crippen LogP contribution in [0.15, 0.2) is 0 Å². The van der Waals surface area contributed by atoms with Gasteiger partial charge in [0.05, 0.1) is 0 Å². The third-order valence-electron chi connectivity index (χ3n) is 3.94. The van der Waals surface area contributed by atoms with E-state index in [0.717, 1.165) is 52.0 Å². The molecule has 2 aliphatic heterocycles. The molecule has 2 rings (SSSR count).